The van der Waals surface area contributed by atoms with Gasteiger partial charge in [0.05, 0.1) is 10.9 Å². The smallest absolute Gasteiger partial charge is 0.176 e. The van der Waals surface area contributed by atoms with E-state index < -0.39 is 5.82 Å². The second-order valence-corrected chi connectivity index (χ2v) is 3.84. The molecule has 0 aliphatic rings. The standard InChI is InChI=1S/C9H8BrFOS/c1-13-6-2-3-7(8(11)4-6)9(12)5-10/h2-4H,5H2,1H3. The molecule has 70 valence electrons. The lowest BCUT2D eigenvalue weighted by molar-refractivity contribution is 0.102. The number of hydrogen-bond donors (Lipinski definition) is 0. The summed E-state index contributed by atoms with van der Waals surface area (Å²) in [6.07, 6.45) is 1.86. The lowest BCUT2D eigenvalue weighted by atomic mass is 10.1. The molecule has 0 saturated heterocycles. The molecule has 4 heteroatoms. The number of carbonyl (C=O) groups is 1. The van der Waals surface area contributed by atoms with Gasteiger partial charge in [-0.3, -0.25) is 4.79 Å². The van der Waals surface area contributed by atoms with Crippen LogP contribution in [-0.2, 0) is 0 Å². The van der Waals surface area contributed by atoms with E-state index in [0.717, 1.165) is 4.90 Å². The topological polar surface area (TPSA) is 17.1 Å². The molecule has 0 spiro atoms. The highest BCUT2D eigenvalue weighted by Crippen LogP contribution is 2.18. The largest absolute Gasteiger partial charge is 0.293 e. The second-order valence-electron chi connectivity index (χ2n) is 2.40. The van der Waals surface area contributed by atoms with Crippen LogP contribution in [0.3, 0.4) is 0 Å². The first-order chi connectivity index (χ1) is 6.19. The molecular formula is C9H8BrFOS. The highest BCUT2D eigenvalue weighted by Gasteiger charge is 2.10. The summed E-state index contributed by atoms with van der Waals surface area (Å²) in [7, 11) is 0. The van der Waals surface area contributed by atoms with Gasteiger partial charge in [-0.2, -0.15) is 0 Å². The van der Waals surface area contributed by atoms with Gasteiger partial charge in [-0.25, -0.2) is 4.39 Å². The number of thioether (sulfide) groups is 1. The predicted octanol–water partition coefficient (Wildman–Crippen LogP) is 3.13. The Bertz CT molecular complexity index is 327. The van der Waals surface area contributed by atoms with Crippen molar-refractivity contribution in [3.8, 4) is 0 Å². The Balaban J connectivity index is 3.05. The van der Waals surface area contributed by atoms with Gasteiger partial charge in [0.15, 0.2) is 5.78 Å². The van der Waals surface area contributed by atoms with Crippen LogP contribution in [-0.4, -0.2) is 17.4 Å². The molecule has 0 saturated carbocycles. The molecule has 1 nitrogen and oxygen atoms in total. The van der Waals surface area contributed by atoms with Crippen LogP contribution in [0.25, 0.3) is 0 Å². The molecule has 13 heavy (non-hydrogen) atoms. The number of hydrogen-bond acceptors (Lipinski definition) is 2. The number of Topliss-reactive ketones (excluding diaryl/α,β-unsaturated/α-hetero) is 1. The maximum absolute atomic E-state index is 13.2. The van der Waals surface area contributed by atoms with E-state index in [1.54, 1.807) is 6.07 Å². The van der Waals surface area contributed by atoms with Crippen LogP contribution in [0.2, 0.25) is 0 Å². The highest BCUT2D eigenvalue weighted by atomic mass is 79.9. The zero-order chi connectivity index (χ0) is 9.84. The minimum atomic E-state index is -0.448. The summed E-state index contributed by atoms with van der Waals surface area (Å²) in [5.41, 5.74) is 0.148. The molecule has 0 atom stereocenters. The Morgan fingerprint density at radius 2 is 2.31 bits per heavy atom. The normalized spacial score (nSPS) is 10.1. The molecule has 1 aromatic rings. The van der Waals surface area contributed by atoms with Crippen molar-refractivity contribution in [3.05, 3.63) is 29.6 Å². The van der Waals surface area contributed by atoms with Crippen molar-refractivity contribution >= 4 is 33.5 Å². The second kappa shape index (κ2) is 4.77. The lowest BCUT2D eigenvalue weighted by Crippen LogP contribution is -2.02. The molecule has 0 unspecified atom stereocenters. The van der Waals surface area contributed by atoms with E-state index in [-0.39, 0.29) is 16.7 Å². The quantitative estimate of drug-likeness (QED) is 0.473. The molecule has 0 N–H and O–H groups in total. The molecule has 1 aromatic carbocycles. The van der Waals surface area contributed by atoms with Crippen LogP contribution >= 0.6 is 27.7 Å². The average Bonchev–Trinajstić information content (AvgIpc) is 2.16. The lowest BCUT2D eigenvalue weighted by Gasteiger charge is -2.01. The van der Waals surface area contributed by atoms with Crippen molar-refractivity contribution in [1.29, 1.82) is 0 Å². The van der Waals surface area contributed by atoms with Crippen LogP contribution < -0.4 is 0 Å². The monoisotopic (exact) mass is 262 g/mol. The molecule has 1 rings (SSSR count). The SMILES string of the molecule is CSc1ccc(C(=O)CBr)c(F)c1. The Labute approximate surface area is 88.8 Å². The van der Waals surface area contributed by atoms with Gasteiger partial charge >= 0.3 is 0 Å². The summed E-state index contributed by atoms with van der Waals surface area (Å²) in [6.45, 7) is 0. The summed E-state index contributed by atoms with van der Waals surface area (Å²) in [5.74, 6) is -0.679. The van der Waals surface area contributed by atoms with Gasteiger partial charge < -0.3 is 0 Å². The number of ketones is 1. The van der Waals surface area contributed by atoms with Crippen molar-refractivity contribution < 1.29 is 9.18 Å². The number of rotatable bonds is 3. The van der Waals surface area contributed by atoms with Gasteiger partial charge in [0.1, 0.15) is 5.82 Å². The van der Waals surface area contributed by atoms with Crippen molar-refractivity contribution in [1.82, 2.24) is 0 Å². The fraction of sp³-hybridized carbons (Fsp3) is 0.222. The first-order valence-corrected chi connectivity index (χ1v) is 5.96. The molecule has 0 aliphatic heterocycles. The summed E-state index contributed by atoms with van der Waals surface area (Å²) in [4.78, 5) is 12.0. The van der Waals surface area contributed by atoms with Crippen LogP contribution in [0.1, 0.15) is 10.4 Å². The third kappa shape index (κ3) is 2.54. The van der Waals surface area contributed by atoms with E-state index in [1.165, 1.54) is 23.9 Å². The number of halogens is 2. The summed E-state index contributed by atoms with van der Waals surface area (Å²) in [5, 5.41) is 0.155. The zero-order valence-corrected chi connectivity index (χ0v) is 9.41. The maximum atomic E-state index is 13.2. The number of alkyl halides is 1. The average molecular weight is 263 g/mol. The van der Waals surface area contributed by atoms with Crippen LogP contribution in [0.15, 0.2) is 23.1 Å². The fourth-order valence-corrected chi connectivity index (χ4v) is 1.65. The van der Waals surface area contributed by atoms with Crippen molar-refractivity contribution in [2.45, 2.75) is 4.90 Å². The van der Waals surface area contributed by atoms with E-state index in [4.69, 9.17) is 0 Å². The van der Waals surface area contributed by atoms with Gasteiger partial charge in [-0.15, -0.1) is 11.8 Å². The van der Waals surface area contributed by atoms with Gasteiger partial charge in [0, 0.05) is 4.90 Å². The first kappa shape index (κ1) is 10.7. The van der Waals surface area contributed by atoms with E-state index in [9.17, 15) is 9.18 Å². The van der Waals surface area contributed by atoms with Crippen LogP contribution in [0.4, 0.5) is 4.39 Å². The fourth-order valence-electron chi connectivity index (χ4n) is 0.921. The van der Waals surface area contributed by atoms with Gasteiger partial charge in [0.25, 0.3) is 0 Å². The van der Waals surface area contributed by atoms with E-state index in [0.29, 0.717) is 0 Å². The minimum absolute atomic E-state index is 0.148. The van der Waals surface area contributed by atoms with Crippen LogP contribution in [0.5, 0.6) is 0 Å². The van der Waals surface area contributed by atoms with Gasteiger partial charge in [0.2, 0.25) is 0 Å². The summed E-state index contributed by atoms with van der Waals surface area (Å²) < 4.78 is 13.2. The summed E-state index contributed by atoms with van der Waals surface area (Å²) >= 11 is 4.45. The Hall–Kier alpha value is -0.350. The number of benzene rings is 1. The number of carbonyl (C=O) groups excluding carboxylic acids is 1. The van der Waals surface area contributed by atoms with E-state index >= 15 is 0 Å². The zero-order valence-electron chi connectivity index (χ0n) is 7.01. The molecule has 0 fully saturated rings. The van der Waals surface area contributed by atoms with E-state index in [2.05, 4.69) is 15.9 Å². The highest BCUT2D eigenvalue weighted by molar-refractivity contribution is 9.09. The minimum Gasteiger partial charge on any atom is -0.293 e. The predicted molar refractivity (Wildman–Crippen MR) is 56.3 cm³/mol. The van der Waals surface area contributed by atoms with E-state index in [1.807, 2.05) is 6.26 Å². The molecule has 0 aliphatic carbocycles. The first-order valence-electron chi connectivity index (χ1n) is 3.61. The Kier molecular flexibility index (Phi) is 3.93. The van der Waals surface area contributed by atoms with Gasteiger partial charge in [-0.05, 0) is 24.5 Å². The maximum Gasteiger partial charge on any atom is 0.176 e. The van der Waals surface area contributed by atoms with Gasteiger partial charge in [-0.1, -0.05) is 15.9 Å². The molecular weight excluding hydrogens is 255 g/mol. The van der Waals surface area contributed by atoms with Crippen molar-refractivity contribution in [2.75, 3.05) is 11.6 Å². The van der Waals surface area contributed by atoms with Crippen LogP contribution in [0, 0.1) is 5.82 Å². The molecule has 0 amide bonds. The Morgan fingerprint density at radius 1 is 1.62 bits per heavy atom. The van der Waals surface area contributed by atoms with Crippen molar-refractivity contribution in [3.63, 3.8) is 0 Å². The molecule has 0 heterocycles. The third-order valence-corrected chi connectivity index (χ3v) is 2.83. The Morgan fingerprint density at radius 3 is 2.77 bits per heavy atom. The molecule has 0 radical (unpaired) electrons. The third-order valence-electron chi connectivity index (χ3n) is 1.60. The molecule has 0 aromatic heterocycles. The van der Waals surface area contributed by atoms with Crippen molar-refractivity contribution in [2.24, 2.45) is 0 Å². The summed E-state index contributed by atoms with van der Waals surface area (Å²) in [6, 6.07) is 4.63. The molecule has 0 bridgehead atoms.